The number of halogens is 3. The average Bonchev–Trinajstić information content (AvgIpc) is 2.59. The van der Waals surface area contributed by atoms with Gasteiger partial charge < -0.3 is 14.4 Å². The Hall–Kier alpha value is -1.56. The van der Waals surface area contributed by atoms with Crippen molar-refractivity contribution >= 4 is 23.2 Å². The molecule has 0 aliphatic carbocycles. The first-order valence-corrected chi connectivity index (χ1v) is 5.60. The van der Waals surface area contributed by atoms with E-state index in [1.807, 2.05) is 0 Å². The second-order valence-electron chi connectivity index (χ2n) is 3.84. The Morgan fingerprint density at radius 2 is 1.94 bits per heavy atom. The highest BCUT2D eigenvalue weighted by Gasteiger charge is 2.43. The molecule has 1 amide bonds. The van der Waals surface area contributed by atoms with E-state index in [4.69, 9.17) is 11.6 Å². The Morgan fingerprint density at radius 1 is 1.39 bits per heavy atom. The van der Waals surface area contributed by atoms with Gasteiger partial charge in [0, 0.05) is 13.1 Å². The van der Waals surface area contributed by atoms with E-state index >= 15 is 0 Å². The number of carbonyl (C=O) groups is 1. The first-order chi connectivity index (χ1) is 8.34. The van der Waals surface area contributed by atoms with Crippen LogP contribution < -0.4 is 14.4 Å². The number of ether oxygens (including phenoxy) is 2. The van der Waals surface area contributed by atoms with Crippen molar-refractivity contribution in [3.05, 3.63) is 17.7 Å². The molecular formula is C11H10ClF2NO3. The van der Waals surface area contributed by atoms with Gasteiger partial charge in [0.1, 0.15) is 5.88 Å². The van der Waals surface area contributed by atoms with E-state index in [-0.39, 0.29) is 23.3 Å². The lowest BCUT2D eigenvalue weighted by atomic mass is 10.1. The summed E-state index contributed by atoms with van der Waals surface area (Å²) < 4.78 is 34.4. The molecule has 1 aliphatic rings. The second-order valence-corrected chi connectivity index (χ2v) is 4.11. The van der Waals surface area contributed by atoms with Crippen LogP contribution in [0.15, 0.2) is 12.1 Å². The summed E-state index contributed by atoms with van der Waals surface area (Å²) in [5.74, 6) is -0.686. The minimum Gasteiger partial charge on any atom is -0.395 e. The predicted octanol–water partition coefficient (Wildman–Crippen LogP) is 2.52. The van der Waals surface area contributed by atoms with Crippen LogP contribution in [0.1, 0.15) is 5.56 Å². The molecule has 1 heterocycles. The van der Waals surface area contributed by atoms with Crippen molar-refractivity contribution < 1.29 is 23.0 Å². The third-order valence-corrected chi connectivity index (χ3v) is 2.80. The topological polar surface area (TPSA) is 38.8 Å². The van der Waals surface area contributed by atoms with E-state index in [0.29, 0.717) is 11.3 Å². The van der Waals surface area contributed by atoms with Gasteiger partial charge in [0.15, 0.2) is 11.5 Å². The SMILES string of the molecule is Cc1cc2c(cc1N(C)C(=O)CCl)OC(F)(F)O2. The zero-order valence-corrected chi connectivity index (χ0v) is 10.4. The van der Waals surface area contributed by atoms with Gasteiger partial charge in [-0.15, -0.1) is 20.4 Å². The Morgan fingerprint density at radius 3 is 2.50 bits per heavy atom. The van der Waals surface area contributed by atoms with Gasteiger partial charge in [0.2, 0.25) is 5.91 Å². The molecule has 98 valence electrons. The number of fused-ring (bicyclic) bond motifs is 1. The zero-order chi connectivity index (χ0) is 13.5. The molecule has 1 aromatic rings. The summed E-state index contributed by atoms with van der Waals surface area (Å²) >= 11 is 5.44. The highest BCUT2D eigenvalue weighted by molar-refractivity contribution is 6.29. The molecule has 0 unspecified atom stereocenters. The standard InChI is InChI=1S/C11H10ClF2NO3/c1-6-3-8-9(18-11(13,14)17-8)4-7(6)15(2)10(16)5-12/h3-4H,5H2,1-2H3. The van der Waals surface area contributed by atoms with Crippen LogP contribution in [0.3, 0.4) is 0 Å². The van der Waals surface area contributed by atoms with Crippen molar-refractivity contribution in [2.24, 2.45) is 0 Å². The normalized spacial score (nSPS) is 15.6. The van der Waals surface area contributed by atoms with Gasteiger partial charge in [-0.25, -0.2) is 0 Å². The number of benzene rings is 1. The third kappa shape index (κ3) is 2.20. The van der Waals surface area contributed by atoms with Crippen LogP contribution in [-0.2, 0) is 4.79 Å². The molecule has 1 aromatic carbocycles. The first kappa shape index (κ1) is 12.9. The maximum atomic E-state index is 12.9. The molecule has 0 atom stereocenters. The monoisotopic (exact) mass is 277 g/mol. The summed E-state index contributed by atoms with van der Waals surface area (Å²) in [5, 5.41) is 0. The summed E-state index contributed by atoms with van der Waals surface area (Å²) in [6, 6.07) is 2.72. The van der Waals surface area contributed by atoms with E-state index in [9.17, 15) is 13.6 Å². The van der Waals surface area contributed by atoms with E-state index < -0.39 is 6.29 Å². The quantitative estimate of drug-likeness (QED) is 0.780. The van der Waals surface area contributed by atoms with Crippen molar-refractivity contribution in [2.45, 2.75) is 13.2 Å². The van der Waals surface area contributed by atoms with Crippen LogP contribution in [0, 0.1) is 6.92 Å². The molecule has 0 bridgehead atoms. The second kappa shape index (κ2) is 4.28. The molecule has 0 N–H and O–H groups in total. The van der Waals surface area contributed by atoms with E-state index in [1.165, 1.54) is 24.1 Å². The van der Waals surface area contributed by atoms with Gasteiger partial charge in [-0.05, 0) is 18.6 Å². The van der Waals surface area contributed by atoms with Crippen LogP contribution in [0.5, 0.6) is 11.5 Å². The Balaban J connectivity index is 2.39. The summed E-state index contributed by atoms with van der Waals surface area (Å²) in [7, 11) is 1.51. The minimum atomic E-state index is -3.66. The first-order valence-electron chi connectivity index (χ1n) is 5.07. The van der Waals surface area contributed by atoms with Crippen LogP contribution >= 0.6 is 11.6 Å². The number of hydrogen-bond donors (Lipinski definition) is 0. The average molecular weight is 278 g/mol. The van der Waals surface area contributed by atoms with Crippen LogP contribution in [-0.4, -0.2) is 25.1 Å². The van der Waals surface area contributed by atoms with Crippen LogP contribution in [0.25, 0.3) is 0 Å². The molecular weight excluding hydrogens is 268 g/mol. The molecule has 0 spiro atoms. The Labute approximate surface area is 107 Å². The fourth-order valence-electron chi connectivity index (χ4n) is 1.67. The van der Waals surface area contributed by atoms with Crippen molar-refractivity contribution in [1.29, 1.82) is 0 Å². The van der Waals surface area contributed by atoms with Gasteiger partial charge >= 0.3 is 6.29 Å². The molecule has 0 radical (unpaired) electrons. The summed E-state index contributed by atoms with van der Waals surface area (Å²) in [6.07, 6.45) is -3.66. The van der Waals surface area contributed by atoms with Gasteiger partial charge in [-0.3, -0.25) is 4.79 Å². The number of nitrogens with zero attached hydrogens (tertiary/aromatic N) is 1. The van der Waals surface area contributed by atoms with Crippen molar-refractivity contribution in [3.8, 4) is 11.5 Å². The molecule has 0 fully saturated rings. The molecule has 7 heteroatoms. The number of anilines is 1. The lowest BCUT2D eigenvalue weighted by molar-refractivity contribution is -0.286. The van der Waals surface area contributed by atoms with Gasteiger partial charge in [0.05, 0.1) is 5.69 Å². The largest absolute Gasteiger partial charge is 0.586 e. The van der Waals surface area contributed by atoms with E-state index in [2.05, 4.69) is 9.47 Å². The maximum absolute atomic E-state index is 12.9. The van der Waals surface area contributed by atoms with E-state index in [0.717, 1.165) is 0 Å². The van der Waals surface area contributed by atoms with Crippen molar-refractivity contribution in [3.63, 3.8) is 0 Å². The Kier molecular flexibility index (Phi) is 3.06. The molecule has 4 nitrogen and oxygen atoms in total. The molecule has 1 aliphatic heterocycles. The van der Waals surface area contributed by atoms with E-state index in [1.54, 1.807) is 6.92 Å². The summed E-state index contributed by atoms with van der Waals surface area (Å²) in [5.41, 5.74) is 1.05. The van der Waals surface area contributed by atoms with Crippen molar-refractivity contribution in [1.82, 2.24) is 0 Å². The molecule has 2 rings (SSSR count). The number of rotatable bonds is 2. The molecule has 0 aromatic heterocycles. The van der Waals surface area contributed by atoms with Gasteiger partial charge in [-0.2, -0.15) is 0 Å². The number of hydrogen-bond acceptors (Lipinski definition) is 3. The lowest BCUT2D eigenvalue weighted by Crippen LogP contribution is -2.27. The zero-order valence-electron chi connectivity index (χ0n) is 9.67. The summed E-state index contributed by atoms with van der Waals surface area (Å²) in [4.78, 5) is 12.7. The fraction of sp³-hybridized carbons (Fsp3) is 0.364. The number of amides is 1. The summed E-state index contributed by atoms with van der Waals surface area (Å²) in [6.45, 7) is 1.67. The minimum absolute atomic E-state index is 0.0482. The number of alkyl halides is 3. The van der Waals surface area contributed by atoms with Crippen LogP contribution in [0.4, 0.5) is 14.5 Å². The van der Waals surface area contributed by atoms with Gasteiger partial charge in [0.25, 0.3) is 0 Å². The van der Waals surface area contributed by atoms with Crippen LogP contribution in [0.2, 0.25) is 0 Å². The lowest BCUT2D eigenvalue weighted by Gasteiger charge is -2.18. The highest BCUT2D eigenvalue weighted by atomic mass is 35.5. The highest BCUT2D eigenvalue weighted by Crippen LogP contribution is 2.44. The van der Waals surface area contributed by atoms with Gasteiger partial charge in [-0.1, -0.05) is 0 Å². The van der Waals surface area contributed by atoms with Crippen molar-refractivity contribution in [2.75, 3.05) is 17.8 Å². The number of carbonyl (C=O) groups excluding carboxylic acids is 1. The maximum Gasteiger partial charge on any atom is 0.586 e. The third-order valence-electron chi connectivity index (χ3n) is 2.57. The molecule has 0 saturated heterocycles. The smallest absolute Gasteiger partial charge is 0.395 e. The molecule has 18 heavy (non-hydrogen) atoms. The number of aryl methyl sites for hydroxylation is 1. The fourth-order valence-corrected chi connectivity index (χ4v) is 1.85. The Bertz CT molecular complexity index is 507. The molecule has 0 saturated carbocycles. The predicted molar refractivity (Wildman–Crippen MR) is 61.5 cm³/mol.